The second-order valence-corrected chi connectivity index (χ2v) is 4.29. The molecule has 0 bridgehead atoms. The van der Waals surface area contributed by atoms with Gasteiger partial charge in [0.15, 0.2) is 5.78 Å². The summed E-state index contributed by atoms with van der Waals surface area (Å²) in [6.07, 6.45) is 2.24. The zero-order valence-electron chi connectivity index (χ0n) is 8.75. The Kier molecular flexibility index (Phi) is 5.00. The van der Waals surface area contributed by atoms with Gasteiger partial charge in [-0.3, -0.25) is 4.79 Å². The molecule has 2 N–H and O–H groups in total. The van der Waals surface area contributed by atoms with Crippen molar-refractivity contribution < 1.29 is 4.79 Å². The molecule has 1 unspecified atom stereocenters. The van der Waals surface area contributed by atoms with Crippen LogP contribution in [-0.2, 0) is 11.2 Å². The minimum Gasteiger partial charge on any atom is -0.321 e. The molecular formula is C12H13Cl2NO. The van der Waals surface area contributed by atoms with Crippen molar-refractivity contribution in [3.8, 4) is 0 Å². The number of hydrogen-bond acceptors (Lipinski definition) is 2. The largest absolute Gasteiger partial charge is 0.321 e. The van der Waals surface area contributed by atoms with Crippen molar-refractivity contribution in [1.82, 2.24) is 0 Å². The predicted molar refractivity (Wildman–Crippen MR) is 68.0 cm³/mol. The fourth-order valence-corrected chi connectivity index (χ4v) is 1.85. The van der Waals surface area contributed by atoms with Gasteiger partial charge in [-0.15, -0.1) is 6.58 Å². The van der Waals surface area contributed by atoms with Crippen LogP contribution in [0, 0.1) is 0 Å². The summed E-state index contributed by atoms with van der Waals surface area (Å²) in [4.78, 5) is 11.7. The molecule has 1 aromatic carbocycles. The number of rotatable bonds is 5. The normalized spacial score (nSPS) is 12.2. The summed E-state index contributed by atoms with van der Waals surface area (Å²) in [6, 6.07) is 4.61. The highest BCUT2D eigenvalue weighted by molar-refractivity contribution is 6.36. The second kappa shape index (κ2) is 6.04. The van der Waals surface area contributed by atoms with Crippen molar-refractivity contribution in [1.29, 1.82) is 0 Å². The van der Waals surface area contributed by atoms with Gasteiger partial charge in [-0.05, 0) is 24.1 Å². The molecule has 0 amide bonds. The SMILES string of the molecule is C=CCC(N)C(=O)Cc1c(Cl)cccc1Cl. The van der Waals surface area contributed by atoms with E-state index in [9.17, 15) is 4.79 Å². The Bertz CT molecular complexity index is 384. The summed E-state index contributed by atoms with van der Waals surface area (Å²) in [5.74, 6) is -0.0881. The van der Waals surface area contributed by atoms with Crippen LogP contribution in [-0.4, -0.2) is 11.8 Å². The maximum atomic E-state index is 11.7. The first-order valence-corrected chi connectivity index (χ1v) is 5.64. The third-order valence-electron chi connectivity index (χ3n) is 2.25. The topological polar surface area (TPSA) is 43.1 Å². The van der Waals surface area contributed by atoms with E-state index in [4.69, 9.17) is 28.9 Å². The second-order valence-electron chi connectivity index (χ2n) is 3.47. The number of benzene rings is 1. The van der Waals surface area contributed by atoms with Crippen molar-refractivity contribution in [3.05, 3.63) is 46.5 Å². The quantitative estimate of drug-likeness (QED) is 0.825. The Morgan fingerprint density at radius 2 is 2.00 bits per heavy atom. The molecule has 4 heteroatoms. The van der Waals surface area contributed by atoms with Crippen molar-refractivity contribution in [2.45, 2.75) is 18.9 Å². The Morgan fingerprint density at radius 1 is 1.44 bits per heavy atom. The number of carbonyl (C=O) groups excluding carboxylic acids is 1. The van der Waals surface area contributed by atoms with Crippen molar-refractivity contribution in [2.75, 3.05) is 0 Å². The van der Waals surface area contributed by atoms with Crippen molar-refractivity contribution in [2.24, 2.45) is 5.73 Å². The van der Waals surface area contributed by atoms with E-state index in [1.807, 2.05) is 0 Å². The molecule has 2 nitrogen and oxygen atoms in total. The van der Waals surface area contributed by atoms with Gasteiger partial charge < -0.3 is 5.73 Å². The lowest BCUT2D eigenvalue weighted by atomic mass is 10.0. The fraction of sp³-hybridized carbons (Fsp3) is 0.250. The Balaban J connectivity index is 2.80. The molecule has 0 radical (unpaired) electrons. The molecule has 0 saturated heterocycles. The molecule has 0 aliphatic heterocycles. The van der Waals surface area contributed by atoms with E-state index in [0.717, 1.165) is 0 Å². The van der Waals surface area contributed by atoms with Gasteiger partial charge in [-0.25, -0.2) is 0 Å². The molecule has 0 saturated carbocycles. The summed E-state index contributed by atoms with van der Waals surface area (Å²) >= 11 is 11.9. The molecule has 16 heavy (non-hydrogen) atoms. The smallest absolute Gasteiger partial charge is 0.154 e. The zero-order chi connectivity index (χ0) is 12.1. The van der Waals surface area contributed by atoms with Crippen LogP contribution < -0.4 is 5.73 Å². The first kappa shape index (κ1) is 13.2. The Morgan fingerprint density at radius 3 is 2.50 bits per heavy atom. The lowest BCUT2D eigenvalue weighted by molar-refractivity contribution is -0.119. The third kappa shape index (κ3) is 3.34. The molecule has 1 rings (SSSR count). The number of Topliss-reactive ketones (excluding diaryl/α,β-unsaturated/α-hetero) is 1. The first-order valence-electron chi connectivity index (χ1n) is 4.88. The lowest BCUT2D eigenvalue weighted by Crippen LogP contribution is -2.31. The lowest BCUT2D eigenvalue weighted by Gasteiger charge is -2.10. The van der Waals surface area contributed by atoms with Crippen LogP contribution in [0.25, 0.3) is 0 Å². The molecule has 0 aliphatic carbocycles. The van der Waals surface area contributed by atoms with E-state index in [1.165, 1.54) is 0 Å². The molecule has 1 atom stereocenters. The third-order valence-corrected chi connectivity index (χ3v) is 2.96. The zero-order valence-corrected chi connectivity index (χ0v) is 10.3. The average molecular weight is 258 g/mol. The number of hydrogen-bond donors (Lipinski definition) is 1. The van der Waals surface area contributed by atoms with Crippen molar-refractivity contribution >= 4 is 29.0 Å². The summed E-state index contributed by atoms with van der Waals surface area (Å²) in [5.41, 5.74) is 6.30. The van der Waals surface area contributed by atoms with E-state index in [1.54, 1.807) is 24.3 Å². The molecule has 86 valence electrons. The summed E-state index contributed by atoms with van der Waals surface area (Å²) in [6.45, 7) is 3.54. The minimum absolute atomic E-state index is 0.0881. The van der Waals surface area contributed by atoms with Gasteiger partial charge in [0, 0.05) is 16.5 Å². The Labute approximate surface area is 105 Å². The molecule has 0 spiro atoms. The fourth-order valence-electron chi connectivity index (χ4n) is 1.32. The molecule has 1 aromatic rings. The predicted octanol–water partition coefficient (Wildman–Crippen LogP) is 3.01. The summed E-state index contributed by atoms with van der Waals surface area (Å²) < 4.78 is 0. The van der Waals surface area contributed by atoms with Gasteiger partial charge in [-0.1, -0.05) is 35.3 Å². The van der Waals surface area contributed by atoms with Gasteiger partial charge in [0.2, 0.25) is 0 Å². The van der Waals surface area contributed by atoms with Crippen LogP contribution in [0.5, 0.6) is 0 Å². The molecule has 0 fully saturated rings. The molecule has 0 heterocycles. The van der Waals surface area contributed by atoms with E-state index < -0.39 is 6.04 Å². The average Bonchev–Trinajstić information content (AvgIpc) is 2.23. The maximum Gasteiger partial charge on any atom is 0.154 e. The highest BCUT2D eigenvalue weighted by Crippen LogP contribution is 2.25. The Hall–Kier alpha value is -0.830. The first-order chi connectivity index (χ1) is 7.56. The monoisotopic (exact) mass is 257 g/mol. The highest BCUT2D eigenvalue weighted by atomic mass is 35.5. The number of nitrogens with two attached hydrogens (primary N) is 1. The molecular weight excluding hydrogens is 245 g/mol. The van der Waals surface area contributed by atoms with E-state index in [2.05, 4.69) is 6.58 Å². The summed E-state index contributed by atoms with van der Waals surface area (Å²) in [7, 11) is 0. The number of ketones is 1. The van der Waals surface area contributed by atoms with Crippen LogP contribution in [0.3, 0.4) is 0 Å². The maximum absolute atomic E-state index is 11.7. The standard InChI is InChI=1S/C12H13Cl2NO/c1-2-4-11(15)12(16)7-8-9(13)5-3-6-10(8)14/h2-3,5-6,11H,1,4,7,15H2. The van der Waals surface area contributed by atoms with Gasteiger partial charge in [0.05, 0.1) is 6.04 Å². The van der Waals surface area contributed by atoms with Gasteiger partial charge in [0.25, 0.3) is 0 Å². The van der Waals surface area contributed by atoms with Crippen LogP contribution in [0.4, 0.5) is 0 Å². The van der Waals surface area contributed by atoms with Gasteiger partial charge in [0.1, 0.15) is 0 Å². The van der Waals surface area contributed by atoms with Gasteiger partial charge in [-0.2, -0.15) is 0 Å². The minimum atomic E-state index is -0.537. The summed E-state index contributed by atoms with van der Waals surface area (Å²) in [5, 5.41) is 0.985. The van der Waals surface area contributed by atoms with E-state index in [-0.39, 0.29) is 12.2 Å². The van der Waals surface area contributed by atoms with Crippen LogP contribution in [0.2, 0.25) is 10.0 Å². The van der Waals surface area contributed by atoms with E-state index >= 15 is 0 Å². The molecule has 0 aromatic heterocycles. The molecule has 0 aliphatic rings. The van der Waals surface area contributed by atoms with E-state index in [0.29, 0.717) is 22.0 Å². The number of carbonyl (C=O) groups is 1. The van der Waals surface area contributed by atoms with Crippen molar-refractivity contribution in [3.63, 3.8) is 0 Å². The van der Waals surface area contributed by atoms with Crippen LogP contribution >= 0.6 is 23.2 Å². The highest BCUT2D eigenvalue weighted by Gasteiger charge is 2.15. The van der Waals surface area contributed by atoms with Crippen LogP contribution in [0.15, 0.2) is 30.9 Å². The number of halogens is 2. The van der Waals surface area contributed by atoms with Gasteiger partial charge >= 0.3 is 0 Å². The van der Waals surface area contributed by atoms with Crippen LogP contribution in [0.1, 0.15) is 12.0 Å².